The van der Waals surface area contributed by atoms with Gasteiger partial charge in [0.05, 0.1) is 12.8 Å². The van der Waals surface area contributed by atoms with Gasteiger partial charge in [0, 0.05) is 37.3 Å². The fourth-order valence-corrected chi connectivity index (χ4v) is 3.01. The molecule has 0 aliphatic rings. The maximum Gasteiger partial charge on any atom is 0.227 e. The van der Waals surface area contributed by atoms with Gasteiger partial charge in [-0.1, -0.05) is 23.4 Å². The maximum absolute atomic E-state index is 12.3. The van der Waals surface area contributed by atoms with Gasteiger partial charge in [-0.3, -0.25) is 4.79 Å². The molecule has 2 aromatic heterocycles. The Bertz CT molecular complexity index is 1100. The summed E-state index contributed by atoms with van der Waals surface area (Å²) in [7, 11) is 1.61. The lowest BCUT2D eigenvalue weighted by atomic mass is 10.1. The largest absolute Gasteiger partial charge is 0.497 e. The highest BCUT2D eigenvalue weighted by Gasteiger charge is 2.12. The summed E-state index contributed by atoms with van der Waals surface area (Å²) < 4.78 is 12.2. The summed E-state index contributed by atoms with van der Waals surface area (Å²) in [6.45, 7) is 0.412. The zero-order valence-electron chi connectivity index (χ0n) is 16.5. The number of hydrogen-bond donors (Lipinski definition) is 1. The average molecular weight is 403 g/mol. The lowest BCUT2D eigenvalue weighted by molar-refractivity contribution is -0.121. The second-order valence-corrected chi connectivity index (χ2v) is 6.60. The summed E-state index contributed by atoms with van der Waals surface area (Å²) in [6.07, 6.45) is 4.22. The number of nitrogens with zero attached hydrogens (tertiary/aromatic N) is 4. The molecule has 0 saturated carbocycles. The summed E-state index contributed by atoms with van der Waals surface area (Å²) in [5.74, 6) is 1.58. The number of para-hydroxylation sites is 1. The third kappa shape index (κ3) is 4.54. The Labute approximate surface area is 173 Å². The molecular formula is C22H21N5O3. The van der Waals surface area contributed by atoms with Crippen LogP contribution in [0, 0.1) is 0 Å². The summed E-state index contributed by atoms with van der Waals surface area (Å²) >= 11 is 0. The van der Waals surface area contributed by atoms with Crippen molar-refractivity contribution in [1.29, 1.82) is 0 Å². The molecule has 152 valence electrons. The molecule has 0 aliphatic heterocycles. The molecule has 30 heavy (non-hydrogen) atoms. The molecule has 4 aromatic rings. The van der Waals surface area contributed by atoms with Crippen molar-refractivity contribution in [3.8, 4) is 22.8 Å². The number of amides is 1. The number of carbonyl (C=O) groups excluding carboxylic acids is 1. The Hall–Kier alpha value is -3.94. The zero-order valence-corrected chi connectivity index (χ0v) is 16.5. The molecule has 1 amide bonds. The molecule has 0 bridgehead atoms. The molecule has 0 atom stereocenters. The Morgan fingerprint density at radius 2 is 1.97 bits per heavy atom. The molecule has 2 aromatic carbocycles. The van der Waals surface area contributed by atoms with Gasteiger partial charge in [-0.15, -0.1) is 0 Å². The molecular weight excluding hydrogens is 382 g/mol. The van der Waals surface area contributed by atoms with Crippen LogP contribution in [0.3, 0.4) is 0 Å². The van der Waals surface area contributed by atoms with E-state index in [1.54, 1.807) is 18.0 Å². The van der Waals surface area contributed by atoms with E-state index in [2.05, 4.69) is 20.6 Å². The second kappa shape index (κ2) is 9.04. The number of aromatic nitrogens is 4. The van der Waals surface area contributed by atoms with Crippen LogP contribution in [0.1, 0.15) is 17.9 Å². The Morgan fingerprint density at radius 1 is 1.13 bits per heavy atom. The van der Waals surface area contributed by atoms with Crippen LogP contribution in [0.2, 0.25) is 0 Å². The van der Waals surface area contributed by atoms with E-state index >= 15 is 0 Å². The van der Waals surface area contributed by atoms with Crippen LogP contribution in [0.25, 0.3) is 17.1 Å². The van der Waals surface area contributed by atoms with Gasteiger partial charge in [0.25, 0.3) is 0 Å². The quantitative estimate of drug-likeness (QED) is 0.486. The van der Waals surface area contributed by atoms with E-state index in [0.717, 1.165) is 22.6 Å². The highest BCUT2D eigenvalue weighted by atomic mass is 16.5. The SMILES string of the molecule is COc1ccc(-c2noc(CCC(=O)NCc3ccccc3-n3cccn3)n2)cc1. The zero-order chi connectivity index (χ0) is 20.8. The van der Waals surface area contributed by atoms with Gasteiger partial charge in [0.2, 0.25) is 17.6 Å². The van der Waals surface area contributed by atoms with E-state index in [-0.39, 0.29) is 12.3 Å². The third-order valence-electron chi connectivity index (χ3n) is 4.60. The van der Waals surface area contributed by atoms with Crippen molar-refractivity contribution >= 4 is 5.91 Å². The third-order valence-corrected chi connectivity index (χ3v) is 4.60. The smallest absolute Gasteiger partial charge is 0.227 e. The summed E-state index contributed by atoms with van der Waals surface area (Å²) in [6, 6.07) is 17.1. The number of ether oxygens (including phenoxy) is 1. The van der Waals surface area contributed by atoms with Gasteiger partial charge in [-0.2, -0.15) is 10.1 Å². The number of aryl methyl sites for hydroxylation is 1. The van der Waals surface area contributed by atoms with E-state index in [0.29, 0.717) is 24.7 Å². The van der Waals surface area contributed by atoms with Gasteiger partial charge in [-0.05, 0) is 42.0 Å². The normalized spacial score (nSPS) is 10.7. The molecule has 0 saturated heterocycles. The first kappa shape index (κ1) is 19.4. The molecule has 0 radical (unpaired) electrons. The van der Waals surface area contributed by atoms with Crippen molar-refractivity contribution in [3.63, 3.8) is 0 Å². The van der Waals surface area contributed by atoms with Crippen molar-refractivity contribution in [2.24, 2.45) is 0 Å². The van der Waals surface area contributed by atoms with Crippen LogP contribution in [0.15, 0.2) is 71.5 Å². The summed E-state index contributed by atoms with van der Waals surface area (Å²) in [5, 5.41) is 11.2. The van der Waals surface area contributed by atoms with Crippen LogP contribution in [-0.2, 0) is 17.8 Å². The monoisotopic (exact) mass is 403 g/mol. The number of nitrogens with one attached hydrogen (secondary N) is 1. The summed E-state index contributed by atoms with van der Waals surface area (Å²) in [4.78, 5) is 16.7. The molecule has 0 fully saturated rings. The predicted molar refractivity (Wildman–Crippen MR) is 110 cm³/mol. The highest BCUT2D eigenvalue weighted by Crippen LogP contribution is 2.20. The Kier molecular flexibility index (Phi) is 5.84. The van der Waals surface area contributed by atoms with Crippen molar-refractivity contribution in [3.05, 3.63) is 78.4 Å². The number of methoxy groups -OCH3 is 1. The first-order valence-electron chi connectivity index (χ1n) is 9.54. The van der Waals surface area contributed by atoms with Gasteiger partial charge in [0.15, 0.2) is 0 Å². The molecule has 1 N–H and O–H groups in total. The van der Waals surface area contributed by atoms with Crippen molar-refractivity contribution in [1.82, 2.24) is 25.2 Å². The molecule has 8 heteroatoms. The second-order valence-electron chi connectivity index (χ2n) is 6.60. The van der Waals surface area contributed by atoms with Crippen molar-refractivity contribution < 1.29 is 14.1 Å². The molecule has 4 rings (SSSR count). The molecule has 0 spiro atoms. The van der Waals surface area contributed by atoms with Crippen LogP contribution in [0.4, 0.5) is 0 Å². The van der Waals surface area contributed by atoms with E-state index in [4.69, 9.17) is 9.26 Å². The van der Waals surface area contributed by atoms with Gasteiger partial charge >= 0.3 is 0 Å². The highest BCUT2D eigenvalue weighted by molar-refractivity contribution is 5.76. The molecule has 0 aliphatic carbocycles. The fraction of sp³-hybridized carbons (Fsp3) is 0.182. The van der Waals surface area contributed by atoms with E-state index in [1.807, 2.05) is 60.8 Å². The standard InChI is InChI=1S/C22H21N5O3/c1-29-18-9-7-16(8-10-18)22-25-21(30-26-22)12-11-20(28)23-15-17-5-2-3-6-19(17)27-14-4-13-24-27/h2-10,13-14H,11-12,15H2,1H3,(H,23,28). The van der Waals surface area contributed by atoms with Crippen molar-refractivity contribution in [2.75, 3.05) is 7.11 Å². The topological polar surface area (TPSA) is 95.1 Å². The first-order valence-corrected chi connectivity index (χ1v) is 9.54. The maximum atomic E-state index is 12.3. The van der Waals surface area contributed by atoms with Gasteiger partial charge in [0.1, 0.15) is 5.75 Å². The summed E-state index contributed by atoms with van der Waals surface area (Å²) in [5.41, 5.74) is 2.74. The van der Waals surface area contributed by atoms with Crippen LogP contribution in [-0.4, -0.2) is 32.9 Å². The van der Waals surface area contributed by atoms with E-state index in [9.17, 15) is 4.79 Å². The minimum atomic E-state index is -0.0885. The van der Waals surface area contributed by atoms with Crippen molar-refractivity contribution in [2.45, 2.75) is 19.4 Å². The number of rotatable bonds is 8. The fourth-order valence-electron chi connectivity index (χ4n) is 3.01. The Morgan fingerprint density at radius 3 is 2.73 bits per heavy atom. The minimum Gasteiger partial charge on any atom is -0.497 e. The number of carbonyl (C=O) groups is 1. The van der Waals surface area contributed by atoms with Gasteiger partial charge < -0.3 is 14.6 Å². The molecule has 2 heterocycles. The lowest BCUT2D eigenvalue weighted by Gasteiger charge is -2.10. The van der Waals surface area contributed by atoms with E-state index in [1.165, 1.54) is 0 Å². The van der Waals surface area contributed by atoms with Crippen LogP contribution in [0.5, 0.6) is 5.75 Å². The number of benzene rings is 2. The Balaban J connectivity index is 1.31. The van der Waals surface area contributed by atoms with Crippen LogP contribution >= 0.6 is 0 Å². The average Bonchev–Trinajstić information content (AvgIpc) is 3.49. The molecule has 0 unspecified atom stereocenters. The first-order chi connectivity index (χ1) is 14.7. The van der Waals surface area contributed by atoms with E-state index < -0.39 is 0 Å². The minimum absolute atomic E-state index is 0.0885. The lowest BCUT2D eigenvalue weighted by Crippen LogP contribution is -2.23. The molecule has 8 nitrogen and oxygen atoms in total. The van der Waals surface area contributed by atoms with Crippen LogP contribution < -0.4 is 10.1 Å². The predicted octanol–water partition coefficient (Wildman–Crippen LogP) is 3.18. The number of hydrogen-bond acceptors (Lipinski definition) is 6. The van der Waals surface area contributed by atoms with Gasteiger partial charge in [-0.25, -0.2) is 4.68 Å².